The molecule has 1 aliphatic rings. The minimum Gasteiger partial charge on any atom is -0.326 e. The van der Waals surface area contributed by atoms with E-state index in [-0.39, 0.29) is 17.4 Å². The van der Waals surface area contributed by atoms with E-state index in [0.717, 1.165) is 24.8 Å². The summed E-state index contributed by atoms with van der Waals surface area (Å²) in [6.07, 6.45) is 6.80. The Kier molecular flexibility index (Phi) is 4.37. The molecule has 1 heterocycles. The predicted octanol–water partition coefficient (Wildman–Crippen LogP) is 3.04. The third-order valence-electron chi connectivity index (χ3n) is 3.91. The minimum atomic E-state index is -0.184. The number of rotatable bonds is 3. The zero-order valence-corrected chi connectivity index (χ0v) is 13.0. The number of anilines is 1. The van der Waals surface area contributed by atoms with Crippen LogP contribution in [0, 0.1) is 12.8 Å². The zero-order valence-electron chi connectivity index (χ0n) is 13.0. The summed E-state index contributed by atoms with van der Waals surface area (Å²) in [6.45, 7) is 1.78. The van der Waals surface area contributed by atoms with Gasteiger partial charge in [-0.1, -0.05) is 24.3 Å². The molecule has 2 aromatic rings. The van der Waals surface area contributed by atoms with Crippen molar-refractivity contribution in [3.63, 3.8) is 0 Å². The molecule has 1 atom stereocenters. The number of hydrogen-bond acceptors (Lipinski definition) is 3. The fourth-order valence-corrected chi connectivity index (χ4v) is 2.74. The quantitative estimate of drug-likeness (QED) is 0.856. The molecule has 1 aromatic heterocycles. The number of benzene rings is 1. The Hall–Kier alpha value is -2.69. The van der Waals surface area contributed by atoms with Gasteiger partial charge in [0.1, 0.15) is 5.82 Å². The van der Waals surface area contributed by atoms with Gasteiger partial charge in [0.15, 0.2) is 0 Å². The van der Waals surface area contributed by atoms with E-state index in [1.54, 1.807) is 6.92 Å². The molecule has 0 saturated heterocycles. The Bertz CT molecular complexity index is 808. The highest BCUT2D eigenvalue weighted by molar-refractivity contribution is 5.93. The largest absolute Gasteiger partial charge is 0.326 e. The van der Waals surface area contributed by atoms with E-state index >= 15 is 0 Å². The van der Waals surface area contributed by atoms with Crippen molar-refractivity contribution >= 4 is 11.6 Å². The van der Waals surface area contributed by atoms with Crippen molar-refractivity contribution in [3.05, 3.63) is 58.5 Å². The number of aryl methyl sites for hydroxylation is 1. The highest BCUT2D eigenvalue weighted by Gasteiger charge is 2.18. The molecular weight excluding hydrogens is 290 g/mol. The second-order valence-corrected chi connectivity index (χ2v) is 5.79. The maximum absolute atomic E-state index is 12.3. The summed E-state index contributed by atoms with van der Waals surface area (Å²) in [4.78, 5) is 30.9. The van der Waals surface area contributed by atoms with Crippen LogP contribution in [-0.2, 0) is 4.79 Å². The van der Waals surface area contributed by atoms with Gasteiger partial charge in [-0.3, -0.25) is 9.59 Å². The van der Waals surface area contributed by atoms with Gasteiger partial charge in [-0.05, 0) is 38.3 Å². The average molecular weight is 309 g/mol. The normalized spacial score (nSPS) is 17.0. The molecule has 1 unspecified atom stereocenters. The second-order valence-electron chi connectivity index (χ2n) is 5.79. The first-order valence-electron chi connectivity index (χ1n) is 7.76. The van der Waals surface area contributed by atoms with E-state index in [1.807, 2.05) is 24.3 Å². The molecule has 3 rings (SSSR count). The van der Waals surface area contributed by atoms with Crippen LogP contribution in [0.5, 0.6) is 0 Å². The van der Waals surface area contributed by atoms with Crippen molar-refractivity contribution in [2.24, 2.45) is 5.92 Å². The molecule has 1 aliphatic carbocycles. The molecule has 1 amide bonds. The van der Waals surface area contributed by atoms with Crippen molar-refractivity contribution in [1.29, 1.82) is 0 Å². The molecule has 0 saturated carbocycles. The zero-order chi connectivity index (χ0) is 16.2. The first-order valence-corrected chi connectivity index (χ1v) is 7.76. The van der Waals surface area contributed by atoms with Crippen LogP contribution >= 0.6 is 0 Å². The molecule has 0 fully saturated rings. The molecule has 118 valence electrons. The number of H-pyrrole nitrogens is 1. The van der Waals surface area contributed by atoms with Crippen molar-refractivity contribution in [2.45, 2.75) is 26.2 Å². The van der Waals surface area contributed by atoms with Gasteiger partial charge in [0, 0.05) is 28.9 Å². The van der Waals surface area contributed by atoms with Crippen molar-refractivity contribution in [3.8, 4) is 11.4 Å². The first kappa shape index (κ1) is 15.2. The van der Waals surface area contributed by atoms with E-state index in [2.05, 4.69) is 27.4 Å². The van der Waals surface area contributed by atoms with E-state index in [9.17, 15) is 9.59 Å². The number of carbonyl (C=O) groups excluding carboxylic acids is 1. The van der Waals surface area contributed by atoms with Crippen LogP contribution in [0.25, 0.3) is 11.4 Å². The standard InChI is InChI=1S/C18H19N3O2/c1-12-10-16(22)21-17(19-12)14-8-5-9-15(11-14)20-18(23)13-6-3-2-4-7-13/h2-3,5,8-11,13H,4,6-7H2,1H3,(H,20,23)(H,19,21,22). The number of aromatic nitrogens is 2. The van der Waals surface area contributed by atoms with E-state index in [0.29, 0.717) is 17.2 Å². The summed E-state index contributed by atoms with van der Waals surface area (Å²) >= 11 is 0. The summed E-state index contributed by atoms with van der Waals surface area (Å²) in [7, 11) is 0. The van der Waals surface area contributed by atoms with Crippen molar-refractivity contribution < 1.29 is 4.79 Å². The maximum Gasteiger partial charge on any atom is 0.251 e. The fourth-order valence-electron chi connectivity index (χ4n) is 2.74. The third kappa shape index (κ3) is 3.74. The van der Waals surface area contributed by atoms with E-state index in [1.165, 1.54) is 6.07 Å². The van der Waals surface area contributed by atoms with Gasteiger partial charge in [-0.25, -0.2) is 4.98 Å². The Morgan fingerprint density at radius 3 is 2.91 bits per heavy atom. The van der Waals surface area contributed by atoms with Crippen LogP contribution in [0.2, 0.25) is 0 Å². The summed E-state index contributed by atoms with van der Waals surface area (Å²) in [6, 6.07) is 8.82. The summed E-state index contributed by atoms with van der Waals surface area (Å²) in [5.41, 5.74) is 1.96. The van der Waals surface area contributed by atoms with Crippen LogP contribution < -0.4 is 10.9 Å². The molecule has 2 N–H and O–H groups in total. The molecule has 0 radical (unpaired) electrons. The fraction of sp³-hybridized carbons (Fsp3) is 0.278. The molecule has 0 spiro atoms. The van der Waals surface area contributed by atoms with E-state index in [4.69, 9.17) is 0 Å². The van der Waals surface area contributed by atoms with Gasteiger partial charge in [0.25, 0.3) is 5.56 Å². The van der Waals surface area contributed by atoms with Crippen LogP contribution in [-0.4, -0.2) is 15.9 Å². The molecule has 1 aromatic carbocycles. The monoisotopic (exact) mass is 309 g/mol. The third-order valence-corrected chi connectivity index (χ3v) is 3.91. The van der Waals surface area contributed by atoms with Gasteiger partial charge in [0.2, 0.25) is 5.91 Å². The van der Waals surface area contributed by atoms with Gasteiger partial charge < -0.3 is 10.3 Å². The van der Waals surface area contributed by atoms with Crippen LogP contribution in [0.15, 0.2) is 47.3 Å². The van der Waals surface area contributed by atoms with Gasteiger partial charge in [0.05, 0.1) is 0 Å². The number of allylic oxidation sites excluding steroid dienone is 2. The lowest BCUT2D eigenvalue weighted by molar-refractivity contribution is -0.120. The topological polar surface area (TPSA) is 74.8 Å². The van der Waals surface area contributed by atoms with Gasteiger partial charge >= 0.3 is 0 Å². The molecule has 0 bridgehead atoms. The summed E-state index contributed by atoms with van der Waals surface area (Å²) < 4.78 is 0. The van der Waals surface area contributed by atoms with Crippen LogP contribution in [0.4, 0.5) is 5.69 Å². The van der Waals surface area contributed by atoms with Crippen LogP contribution in [0.1, 0.15) is 25.0 Å². The number of nitrogens with zero attached hydrogens (tertiary/aromatic N) is 1. The molecule has 5 nitrogen and oxygen atoms in total. The second kappa shape index (κ2) is 6.60. The van der Waals surface area contributed by atoms with Crippen molar-refractivity contribution in [2.75, 3.05) is 5.32 Å². The number of nitrogens with one attached hydrogen (secondary N) is 2. The highest BCUT2D eigenvalue weighted by atomic mass is 16.2. The van der Waals surface area contributed by atoms with E-state index < -0.39 is 0 Å². The van der Waals surface area contributed by atoms with Crippen molar-refractivity contribution in [1.82, 2.24) is 9.97 Å². The molecule has 23 heavy (non-hydrogen) atoms. The lowest BCUT2D eigenvalue weighted by Crippen LogP contribution is -2.23. The number of hydrogen-bond donors (Lipinski definition) is 2. The average Bonchev–Trinajstić information content (AvgIpc) is 2.55. The first-order chi connectivity index (χ1) is 11.1. The molecular formula is C18H19N3O2. The minimum absolute atomic E-state index is 0.0283. The lowest BCUT2D eigenvalue weighted by Gasteiger charge is -2.17. The maximum atomic E-state index is 12.3. The number of carbonyl (C=O) groups is 1. The van der Waals surface area contributed by atoms with Crippen LogP contribution in [0.3, 0.4) is 0 Å². The number of aromatic amines is 1. The summed E-state index contributed by atoms with van der Waals surface area (Å²) in [5, 5.41) is 2.96. The Labute approximate surface area is 134 Å². The summed E-state index contributed by atoms with van der Waals surface area (Å²) in [5.74, 6) is 0.574. The highest BCUT2D eigenvalue weighted by Crippen LogP contribution is 2.22. The Morgan fingerprint density at radius 2 is 2.17 bits per heavy atom. The molecule has 0 aliphatic heterocycles. The van der Waals surface area contributed by atoms with Gasteiger partial charge in [-0.2, -0.15) is 0 Å². The predicted molar refractivity (Wildman–Crippen MR) is 90.1 cm³/mol. The number of amides is 1. The SMILES string of the molecule is Cc1cc(=O)[nH]c(-c2cccc(NC(=O)C3CC=CCC3)c2)n1. The smallest absolute Gasteiger partial charge is 0.251 e. The Morgan fingerprint density at radius 1 is 1.30 bits per heavy atom. The van der Waals surface area contributed by atoms with Gasteiger partial charge in [-0.15, -0.1) is 0 Å². The lowest BCUT2D eigenvalue weighted by atomic mass is 9.93. The Balaban J connectivity index is 1.81. The molecule has 5 heteroatoms.